The van der Waals surface area contributed by atoms with Gasteiger partial charge in [0.2, 0.25) is 0 Å². The number of fused-ring (bicyclic) bond motifs is 1. The molecule has 0 aliphatic carbocycles. The molecule has 0 saturated carbocycles. The molecule has 0 N–H and O–H groups in total. The van der Waals surface area contributed by atoms with E-state index in [1.807, 2.05) is 65.7 Å². The van der Waals surface area contributed by atoms with Crippen LogP contribution in [0.3, 0.4) is 0 Å². The molecule has 1 aliphatic heterocycles. The van der Waals surface area contributed by atoms with E-state index in [1.165, 1.54) is 12.1 Å². The van der Waals surface area contributed by atoms with Crippen LogP contribution in [0.15, 0.2) is 48.9 Å². The quantitative estimate of drug-likeness (QED) is 0.485. The molecule has 4 heterocycles. The van der Waals surface area contributed by atoms with Crippen LogP contribution in [-0.4, -0.2) is 29.3 Å². The van der Waals surface area contributed by atoms with E-state index in [0.717, 1.165) is 53.5 Å². The van der Waals surface area contributed by atoms with Crippen LogP contribution >= 0.6 is 0 Å². The number of pyridine rings is 1. The van der Waals surface area contributed by atoms with Crippen molar-refractivity contribution < 1.29 is 4.39 Å². The monoisotopic (exact) mass is 414 g/mol. The molecule has 1 atom stereocenters. The van der Waals surface area contributed by atoms with Crippen molar-refractivity contribution in [2.24, 2.45) is 0 Å². The van der Waals surface area contributed by atoms with Crippen molar-refractivity contribution >= 4 is 12.2 Å². The van der Waals surface area contributed by atoms with Crippen LogP contribution < -0.4 is 0 Å². The molecule has 0 radical (unpaired) electrons. The topological polar surface area (TPSA) is 61.4 Å². The molecule has 0 spiro atoms. The summed E-state index contributed by atoms with van der Waals surface area (Å²) in [5, 5.41) is 4.65. The van der Waals surface area contributed by atoms with Gasteiger partial charge in [-0.3, -0.25) is 4.98 Å². The van der Waals surface area contributed by atoms with E-state index < -0.39 is 0 Å². The van der Waals surface area contributed by atoms with Crippen LogP contribution in [0.2, 0.25) is 0 Å². The van der Waals surface area contributed by atoms with E-state index in [4.69, 9.17) is 9.97 Å². The summed E-state index contributed by atoms with van der Waals surface area (Å²) in [4.78, 5) is 13.7. The number of halogens is 1. The van der Waals surface area contributed by atoms with E-state index >= 15 is 0 Å². The fourth-order valence-electron chi connectivity index (χ4n) is 4.10. The second-order valence-corrected chi connectivity index (χ2v) is 7.89. The van der Waals surface area contributed by atoms with E-state index in [2.05, 4.69) is 10.1 Å². The van der Waals surface area contributed by atoms with E-state index in [-0.39, 0.29) is 11.7 Å². The van der Waals surface area contributed by atoms with Crippen LogP contribution in [0.4, 0.5) is 4.39 Å². The molecule has 31 heavy (non-hydrogen) atoms. The van der Waals surface area contributed by atoms with Crippen molar-refractivity contribution in [2.75, 3.05) is 0 Å². The Morgan fingerprint density at radius 2 is 1.87 bits per heavy atom. The Balaban J connectivity index is 1.38. The van der Waals surface area contributed by atoms with Crippen molar-refractivity contribution in [1.82, 2.24) is 29.3 Å². The van der Waals surface area contributed by atoms with Crippen molar-refractivity contribution in [1.29, 1.82) is 0 Å². The number of imidazole rings is 1. The van der Waals surface area contributed by atoms with Gasteiger partial charge in [0.05, 0.1) is 29.1 Å². The predicted octanol–water partition coefficient (Wildman–Crippen LogP) is 4.71. The number of aryl methyl sites for hydroxylation is 3. The van der Waals surface area contributed by atoms with Crippen LogP contribution in [0, 0.1) is 19.7 Å². The van der Waals surface area contributed by atoms with Crippen LogP contribution in [0.5, 0.6) is 0 Å². The number of hydrogen-bond donors (Lipinski definition) is 0. The van der Waals surface area contributed by atoms with E-state index in [0.29, 0.717) is 5.82 Å². The van der Waals surface area contributed by atoms with Gasteiger partial charge in [-0.2, -0.15) is 5.10 Å². The first-order valence-corrected chi connectivity index (χ1v) is 10.4. The minimum atomic E-state index is -0.221. The number of nitrogens with zero attached hydrogens (tertiary/aromatic N) is 6. The second kappa shape index (κ2) is 7.91. The van der Waals surface area contributed by atoms with Gasteiger partial charge < -0.3 is 4.57 Å². The number of hydrogen-bond acceptors (Lipinski definition) is 4. The van der Waals surface area contributed by atoms with Crippen LogP contribution in [0.25, 0.3) is 17.8 Å². The molecule has 156 valence electrons. The zero-order valence-electron chi connectivity index (χ0n) is 17.5. The van der Waals surface area contributed by atoms with Crippen LogP contribution in [0.1, 0.15) is 53.1 Å². The highest BCUT2D eigenvalue weighted by Crippen LogP contribution is 2.32. The SMILES string of the molecule is Cc1cn(-c2ccc(/C=C/c3nc4n(n3)CCC[C@H]4c3ccc(F)cc3)nc2C)cn1. The number of benzene rings is 1. The van der Waals surface area contributed by atoms with Gasteiger partial charge in [-0.15, -0.1) is 0 Å². The third-order valence-corrected chi connectivity index (χ3v) is 5.64. The number of rotatable bonds is 4. The Hall–Kier alpha value is -3.61. The van der Waals surface area contributed by atoms with Gasteiger partial charge in [0.15, 0.2) is 5.82 Å². The third kappa shape index (κ3) is 3.91. The zero-order valence-corrected chi connectivity index (χ0v) is 17.5. The normalized spacial score (nSPS) is 16.0. The lowest BCUT2D eigenvalue weighted by atomic mass is 9.91. The van der Waals surface area contributed by atoms with Crippen LogP contribution in [-0.2, 0) is 6.54 Å². The summed E-state index contributed by atoms with van der Waals surface area (Å²) in [7, 11) is 0. The second-order valence-electron chi connectivity index (χ2n) is 7.89. The molecular formula is C24H23FN6. The summed E-state index contributed by atoms with van der Waals surface area (Å²) in [6.45, 7) is 4.81. The Morgan fingerprint density at radius 3 is 2.61 bits per heavy atom. The fourth-order valence-corrected chi connectivity index (χ4v) is 4.10. The Labute approximate surface area is 180 Å². The molecule has 0 bridgehead atoms. The Bertz CT molecular complexity index is 1250. The first kappa shape index (κ1) is 19.4. The minimum absolute atomic E-state index is 0.141. The number of aromatic nitrogens is 6. The van der Waals surface area contributed by atoms with Crippen molar-refractivity contribution in [3.05, 3.63) is 89.0 Å². The summed E-state index contributed by atoms with van der Waals surface area (Å²) >= 11 is 0. The largest absolute Gasteiger partial charge is 0.304 e. The molecule has 6 nitrogen and oxygen atoms in total. The molecule has 7 heteroatoms. The first-order valence-electron chi connectivity index (χ1n) is 10.4. The Kier molecular flexibility index (Phi) is 4.94. The maximum atomic E-state index is 13.3. The minimum Gasteiger partial charge on any atom is -0.304 e. The molecular weight excluding hydrogens is 391 g/mol. The molecule has 0 amide bonds. The summed E-state index contributed by atoms with van der Waals surface area (Å²) in [5.74, 6) is 1.52. The standard InChI is InChI=1S/C24H23FN6/c1-16-14-30(15-26-16)22-11-9-20(27-17(22)2)10-12-23-28-24-21(4-3-13-31(24)29-23)18-5-7-19(25)8-6-18/h5-12,14-15,21H,3-4,13H2,1-2H3/b12-10+/t21-/m0/s1. The van der Waals surface area contributed by atoms with Crippen molar-refractivity contribution in [3.63, 3.8) is 0 Å². The molecule has 1 aromatic carbocycles. The van der Waals surface area contributed by atoms with Gasteiger partial charge in [0.1, 0.15) is 11.6 Å². The molecule has 0 unspecified atom stereocenters. The highest BCUT2D eigenvalue weighted by molar-refractivity contribution is 5.65. The van der Waals surface area contributed by atoms with Gasteiger partial charge in [-0.25, -0.2) is 19.0 Å². The lowest BCUT2D eigenvalue weighted by Gasteiger charge is -2.22. The fraction of sp³-hybridized carbons (Fsp3) is 0.250. The maximum absolute atomic E-state index is 13.3. The summed E-state index contributed by atoms with van der Waals surface area (Å²) in [6, 6.07) is 10.7. The predicted molar refractivity (Wildman–Crippen MR) is 117 cm³/mol. The van der Waals surface area contributed by atoms with Gasteiger partial charge in [0, 0.05) is 18.7 Å². The van der Waals surface area contributed by atoms with Crippen molar-refractivity contribution in [2.45, 2.75) is 39.2 Å². The molecule has 1 aliphatic rings. The zero-order chi connectivity index (χ0) is 21.4. The Morgan fingerprint density at radius 1 is 1.03 bits per heavy atom. The summed E-state index contributed by atoms with van der Waals surface area (Å²) in [6.07, 6.45) is 9.63. The average molecular weight is 414 g/mol. The van der Waals surface area contributed by atoms with Gasteiger partial charge in [-0.05, 0) is 68.7 Å². The summed E-state index contributed by atoms with van der Waals surface area (Å²) < 4.78 is 17.3. The molecule has 4 aromatic rings. The van der Waals surface area contributed by atoms with E-state index in [1.54, 1.807) is 6.33 Å². The van der Waals surface area contributed by atoms with Crippen molar-refractivity contribution in [3.8, 4) is 5.69 Å². The third-order valence-electron chi connectivity index (χ3n) is 5.64. The smallest absolute Gasteiger partial charge is 0.174 e. The highest BCUT2D eigenvalue weighted by Gasteiger charge is 2.25. The maximum Gasteiger partial charge on any atom is 0.174 e. The van der Waals surface area contributed by atoms with Gasteiger partial charge in [0.25, 0.3) is 0 Å². The molecule has 3 aromatic heterocycles. The molecule has 0 fully saturated rings. The summed E-state index contributed by atoms with van der Waals surface area (Å²) in [5.41, 5.74) is 4.83. The lowest BCUT2D eigenvalue weighted by Crippen LogP contribution is -2.17. The molecule has 5 rings (SSSR count). The first-order chi connectivity index (χ1) is 15.1. The van der Waals surface area contributed by atoms with Gasteiger partial charge in [-0.1, -0.05) is 12.1 Å². The highest BCUT2D eigenvalue weighted by atomic mass is 19.1. The molecule has 0 saturated heterocycles. The lowest BCUT2D eigenvalue weighted by molar-refractivity contribution is 0.445. The van der Waals surface area contributed by atoms with Gasteiger partial charge >= 0.3 is 0 Å². The van der Waals surface area contributed by atoms with E-state index in [9.17, 15) is 4.39 Å². The average Bonchev–Trinajstić information content (AvgIpc) is 3.38.